The molecule has 0 amide bonds. The number of aromatic nitrogens is 3. The average Bonchev–Trinajstić information content (AvgIpc) is 2.69. The van der Waals surface area contributed by atoms with Crippen LogP contribution in [-0.2, 0) is 16.1 Å². The first-order valence-corrected chi connectivity index (χ1v) is 5.96. The Bertz CT molecular complexity index is 382. The average molecular weight is 261 g/mol. The summed E-state index contributed by atoms with van der Waals surface area (Å²) >= 11 is 1.07. The quantitative estimate of drug-likeness (QED) is 0.674. The highest BCUT2D eigenvalue weighted by Crippen LogP contribution is 2.21. The second-order valence-electron chi connectivity index (χ2n) is 3.41. The number of aliphatic carboxylic acids is 1. The summed E-state index contributed by atoms with van der Waals surface area (Å²) in [6.45, 7) is 2.08. The van der Waals surface area contributed by atoms with Crippen molar-refractivity contribution in [2.24, 2.45) is 0 Å². The third-order valence-corrected chi connectivity index (χ3v) is 2.98. The summed E-state index contributed by atoms with van der Waals surface area (Å²) in [5.41, 5.74) is 0. The molecule has 0 aliphatic carbocycles. The summed E-state index contributed by atoms with van der Waals surface area (Å²) in [6.07, 6.45) is 0. The van der Waals surface area contributed by atoms with Gasteiger partial charge in [-0.15, -0.1) is 10.2 Å². The van der Waals surface area contributed by atoms with Crippen molar-refractivity contribution in [1.82, 2.24) is 14.8 Å². The molecule has 2 N–H and O–H groups in total. The van der Waals surface area contributed by atoms with Crippen molar-refractivity contribution in [2.45, 2.75) is 24.7 Å². The smallest absolute Gasteiger partial charge is 0.313 e. The minimum Gasteiger partial charge on any atom is -0.481 e. The largest absolute Gasteiger partial charge is 0.481 e. The molecule has 0 saturated carbocycles. The topological polar surface area (TPSA) is 97.5 Å². The number of hydrogen-bond acceptors (Lipinski definition) is 6. The Hall–Kier alpha value is -1.12. The van der Waals surface area contributed by atoms with Crippen molar-refractivity contribution in [3.05, 3.63) is 5.82 Å². The molecule has 1 aromatic rings. The first-order chi connectivity index (χ1) is 8.10. The molecule has 0 bridgehead atoms. The number of methoxy groups -OCH3 is 1. The molecule has 8 heteroatoms. The third-order valence-electron chi connectivity index (χ3n) is 2.05. The number of carboxylic acids is 1. The lowest BCUT2D eigenvalue weighted by molar-refractivity contribution is -0.133. The van der Waals surface area contributed by atoms with E-state index < -0.39 is 5.97 Å². The SMILES string of the molecule is COCC(C)n1c(CO)nnc1SCC(=O)O. The van der Waals surface area contributed by atoms with Crippen LogP contribution in [0.25, 0.3) is 0 Å². The van der Waals surface area contributed by atoms with Crippen LogP contribution >= 0.6 is 11.8 Å². The van der Waals surface area contributed by atoms with Gasteiger partial charge in [0.2, 0.25) is 0 Å². The minimum absolute atomic E-state index is 0.0616. The van der Waals surface area contributed by atoms with E-state index in [9.17, 15) is 4.79 Å². The molecule has 1 unspecified atom stereocenters. The van der Waals surface area contributed by atoms with E-state index in [0.29, 0.717) is 17.6 Å². The van der Waals surface area contributed by atoms with Gasteiger partial charge in [-0.2, -0.15) is 0 Å². The first kappa shape index (κ1) is 13.9. The van der Waals surface area contributed by atoms with Crippen LogP contribution in [0.2, 0.25) is 0 Å². The molecule has 96 valence electrons. The van der Waals surface area contributed by atoms with Crippen LogP contribution in [0, 0.1) is 0 Å². The van der Waals surface area contributed by atoms with E-state index in [1.54, 1.807) is 11.7 Å². The molecule has 1 atom stereocenters. The van der Waals surface area contributed by atoms with E-state index in [1.807, 2.05) is 6.92 Å². The zero-order valence-electron chi connectivity index (χ0n) is 9.66. The molecule has 1 rings (SSSR count). The Morgan fingerprint density at radius 3 is 2.82 bits per heavy atom. The van der Waals surface area contributed by atoms with Gasteiger partial charge in [-0.3, -0.25) is 9.36 Å². The van der Waals surface area contributed by atoms with Crippen LogP contribution in [0.4, 0.5) is 0 Å². The van der Waals surface area contributed by atoms with Gasteiger partial charge in [0.05, 0.1) is 18.4 Å². The Morgan fingerprint density at radius 2 is 2.29 bits per heavy atom. The fourth-order valence-electron chi connectivity index (χ4n) is 1.40. The summed E-state index contributed by atoms with van der Waals surface area (Å²) < 4.78 is 6.72. The number of carboxylic acid groups (broad SMARTS) is 1. The number of aliphatic hydroxyl groups excluding tert-OH is 1. The highest BCUT2D eigenvalue weighted by Gasteiger charge is 2.17. The van der Waals surface area contributed by atoms with Crippen molar-refractivity contribution in [2.75, 3.05) is 19.5 Å². The Labute approximate surface area is 103 Å². The first-order valence-electron chi connectivity index (χ1n) is 4.98. The summed E-state index contributed by atoms with van der Waals surface area (Å²) in [4.78, 5) is 10.5. The minimum atomic E-state index is -0.922. The fourth-order valence-corrected chi connectivity index (χ4v) is 2.17. The van der Waals surface area contributed by atoms with E-state index in [1.165, 1.54) is 0 Å². The van der Waals surface area contributed by atoms with Crippen LogP contribution in [-0.4, -0.2) is 50.4 Å². The van der Waals surface area contributed by atoms with E-state index >= 15 is 0 Å². The number of nitrogens with zero attached hydrogens (tertiary/aromatic N) is 3. The highest BCUT2D eigenvalue weighted by molar-refractivity contribution is 7.99. The van der Waals surface area contributed by atoms with Gasteiger partial charge in [0.25, 0.3) is 0 Å². The number of hydrogen-bond donors (Lipinski definition) is 2. The molecule has 1 heterocycles. The van der Waals surface area contributed by atoms with Crippen LogP contribution < -0.4 is 0 Å². The Morgan fingerprint density at radius 1 is 1.59 bits per heavy atom. The lowest BCUT2D eigenvalue weighted by Gasteiger charge is -2.15. The zero-order valence-corrected chi connectivity index (χ0v) is 10.5. The molecular weight excluding hydrogens is 246 g/mol. The lowest BCUT2D eigenvalue weighted by atomic mass is 10.3. The molecule has 0 aliphatic rings. The van der Waals surface area contributed by atoms with Gasteiger partial charge in [-0.1, -0.05) is 11.8 Å². The Balaban J connectivity index is 2.88. The van der Waals surface area contributed by atoms with Gasteiger partial charge in [0.1, 0.15) is 6.61 Å². The van der Waals surface area contributed by atoms with Crippen LogP contribution in [0.3, 0.4) is 0 Å². The second-order valence-corrected chi connectivity index (χ2v) is 4.36. The molecule has 7 nitrogen and oxygen atoms in total. The van der Waals surface area contributed by atoms with E-state index in [4.69, 9.17) is 14.9 Å². The van der Waals surface area contributed by atoms with Gasteiger partial charge in [0, 0.05) is 7.11 Å². The monoisotopic (exact) mass is 261 g/mol. The highest BCUT2D eigenvalue weighted by atomic mass is 32.2. The van der Waals surface area contributed by atoms with Gasteiger partial charge in [-0.05, 0) is 6.92 Å². The molecule has 0 radical (unpaired) electrons. The molecule has 0 aromatic carbocycles. The van der Waals surface area contributed by atoms with Crippen molar-refractivity contribution in [3.8, 4) is 0 Å². The normalized spacial score (nSPS) is 12.6. The number of carbonyl (C=O) groups is 1. The van der Waals surface area contributed by atoms with Crippen molar-refractivity contribution in [1.29, 1.82) is 0 Å². The standard InChI is InChI=1S/C9H15N3O4S/c1-6(4-16-2)12-7(3-13)10-11-9(12)17-5-8(14)15/h6,13H,3-5H2,1-2H3,(H,14,15). The summed E-state index contributed by atoms with van der Waals surface area (Å²) in [6, 6.07) is -0.0616. The van der Waals surface area contributed by atoms with Crippen LogP contribution in [0.15, 0.2) is 5.16 Å². The third kappa shape index (κ3) is 3.69. The van der Waals surface area contributed by atoms with E-state index in [2.05, 4.69) is 10.2 Å². The van der Waals surface area contributed by atoms with Gasteiger partial charge < -0.3 is 14.9 Å². The van der Waals surface area contributed by atoms with Crippen molar-refractivity contribution < 1.29 is 19.7 Å². The number of thioether (sulfide) groups is 1. The summed E-state index contributed by atoms with van der Waals surface area (Å²) in [5.74, 6) is -0.611. The van der Waals surface area contributed by atoms with Crippen molar-refractivity contribution in [3.63, 3.8) is 0 Å². The maximum absolute atomic E-state index is 10.5. The molecule has 0 saturated heterocycles. The second kappa shape index (κ2) is 6.58. The van der Waals surface area contributed by atoms with E-state index in [0.717, 1.165) is 11.8 Å². The van der Waals surface area contributed by atoms with Gasteiger partial charge >= 0.3 is 5.97 Å². The number of ether oxygens (including phenoxy) is 1. The van der Waals surface area contributed by atoms with Gasteiger partial charge in [-0.25, -0.2) is 0 Å². The molecule has 0 fully saturated rings. The Kier molecular flexibility index (Phi) is 5.39. The van der Waals surface area contributed by atoms with Gasteiger partial charge in [0.15, 0.2) is 11.0 Å². The number of rotatable bonds is 7. The summed E-state index contributed by atoms with van der Waals surface area (Å²) in [7, 11) is 1.57. The van der Waals surface area contributed by atoms with E-state index in [-0.39, 0.29) is 18.4 Å². The van der Waals surface area contributed by atoms with Crippen LogP contribution in [0.5, 0.6) is 0 Å². The maximum Gasteiger partial charge on any atom is 0.313 e. The number of aliphatic hydroxyl groups is 1. The zero-order chi connectivity index (χ0) is 12.8. The predicted molar refractivity (Wildman–Crippen MR) is 60.9 cm³/mol. The summed E-state index contributed by atoms with van der Waals surface area (Å²) in [5, 5.41) is 25.9. The molecule has 1 aromatic heterocycles. The lowest BCUT2D eigenvalue weighted by Crippen LogP contribution is -2.15. The molecular formula is C9H15N3O4S. The fraction of sp³-hybridized carbons (Fsp3) is 0.667. The predicted octanol–water partition coefficient (Wildman–Crippen LogP) is 0.154. The molecule has 0 aliphatic heterocycles. The molecule has 0 spiro atoms. The molecule has 17 heavy (non-hydrogen) atoms. The maximum atomic E-state index is 10.5. The van der Waals surface area contributed by atoms with Crippen molar-refractivity contribution >= 4 is 17.7 Å². The van der Waals surface area contributed by atoms with Crippen LogP contribution in [0.1, 0.15) is 18.8 Å².